The zero-order chi connectivity index (χ0) is 14.7. The van der Waals surface area contributed by atoms with E-state index in [0.29, 0.717) is 16.9 Å². The predicted octanol–water partition coefficient (Wildman–Crippen LogP) is 3.44. The molecule has 0 spiro atoms. The number of aromatic nitrogens is 4. The summed E-state index contributed by atoms with van der Waals surface area (Å²) >= 11 is 1.50. The maximum Gasteiger partial charge on any atom is 0.286 e. The Morgan fingerprint density at radius 1 is 1.00 bits per heavy atom. The molecule has 2 aromatic heterocycles. The smallest absolute Gasteiger partial charge is 0.286 e. The van der Waals surface area contributed by atoms with Crippen molar-refractivity contribution in [3.8, 4) is 11.7 Å². The highest BCUT2D eigenvalue weighted by Crippen LogP contribution is 2.24. The van der Waals surface area contributed by atoms with Crippen LogP contribution in [0.5, 0.6) is 0 Å². The molecule has 3 rings (SSSR count). The number of benzene rings is 1. The summed E-state index contributed by atoms with van der Waals surface area (Å²) < 4.78 is 5.62. The first-order chi connectivity index (χ1) is 10.2. The molecule has 106 valence electrons. The van der Waals surface area contributed by atoms with Crippen LogP contribution in [-0.4, -0.2) is 20.2 Å². The normalized spacial score (nSPS) is 10.8. The van der Waals surface area contributed by atoms with Crippen LogP contribution < -0.4 is 0 Å². The summed E-state index contributed by atoms with van der Waals surface area (Å²) in [6, 6.07) is 12.1. The highest BCUT2D eigenvalue weighted by Gasteiger charge is 2.12. The molecule has 0 bridgehead atoms. The van der Waals surface area contributed by atoms with Crippen LogP contribution in [0.1, 0.15) is 17.0 Å². The Morgan fingerprint density at radius 2 is 1.71 bits per heavy atom. The first kappa shape index (κ1) is 13.8. The Kier molecular flexibility index (Phi) is 3.96. The molecular weight excluding hydrogens is 284 g/mol. The van der Waals surface area contributed by atoms with E-state index in [-0.39, 0.29) is 0 Å². The number of aryl methyl sites for hydroxylation is 2. The third-order valence-electron chi connectivity index (χ3n) is 2.79. The molecule has 0 fully saturated rings. The van der Waals surface area contributed by atoms with Crippen molar-refractivity contribution in [3.63, 3.8) is 0 Å². The van der Waals surface area contributed by atoms with Gasteiger partial charge in [-0.05, 0) is 25.5 Å². The minimum Gasteiger partial charge on any atom is -0.408 e. The molecule has 0 aliphatic rings. The lowest BCUT2D eigenvalue weighted by atomic mass is 10.2. The summed E-state index contributed by atoms with van der Waals surface area (Å²) in [6.07, 6.45) is 0. The number of hydrogen-bond donors (Lipinski definition) is 0. The summed E-state index contributed by atoms with van der Waals surface area (Å²) in [5.74, 6) is 1.62. The van der Waals surface area contributed by atoms with Gasteiger partial charge in [0.1, 0.15) is 0 Å². The van der Waals surface area contributed by atoms with Gasteiger partial charge in [-0.3, -0.25) is 0 Å². The van der Waals surface area contributed by atoms with E-state index in [1.807, 2.05) is 38.1 Å². The number of thioether (sulfide) groups is 1. The number of rotatable bonds is 4. The van der Waals surface area contributed by atoms with E-state index in [4.69, 9.17) is 4.42 Å². The molecule has 0 aliphatic heterocycles. The summed E-state index contributed by atoms with van der Waals surface area (Å²) in [4.78, 5) is 8.64. The quantitative estimate of drug-likeness (QED) is 0.687. The van der Waals surface area contributed by atoms with Crippen LogP contribution in [0.4, 0.5) is 0 Å². The van der Waals surface area contributed by atoms with Crippen LogP contribution in [-0.2, 0) is 5.75 Å². The third-order valence-corrected chi connectivity index (χ3v) is 3.67. The maximum absolute atomic E-state index is 5.62. The number of hydrogen-bond acceptors (Lipinski definition) is 6. The second-order valence-electron chi connectivity index (χ2n) is 4.62. The molecule has 0 saturated carbocycles. The first-order valence-electron chi connectivity index (χ1n) is 6.53. The Bertz CT molecular complexity index is 722. The standard InChI is InChI=1S/C15H14N4OS/c1-10-8-11(2)17-13(16-10)14-18-19-15(20-14)21-9-12-6-4-3-5-7-12/h3-8H,9H2,1-2H3. The van der Waals surface area contributed by atoms with Gasteiger partial charge in [0, 0.05) is 17.1 Å². The minimum absolute atomic E-state index is 0.359. The molecule has 0 N–H and O–H groups in total. The fourth-order valence-corrected chi connectivity index (χ4v) is 2.62. The van der Waals surface area contributed by atoms with Gasteiger partial charge >= 0.3 is 0 Å². The summed E-state index contributed by atoms with van der Waals surface area (Å²) in [5, 5.41) is 8.58. The maximum atomic E-state index is 5.62. The van der Waals surface area contributed by atoms with Gasteiger partial charge in [0.2, 0.25) is 5.82 Å². The number of nitrogens with zero attached hydrogens (tertiary/aromatic N) is 4. The van der Waals surface area contributed by atoms with Gasteiger partial charge in [0.15, 0.2) is 0 Å². The van der Waals surface area contributed by atoms with Crippen LogP contribution in [0.25, 0.3) is 11.7 Å². The van der Waals surface area contributed by atoms with Gasteiger partial charge in [-0.15, -0.1) is 10.2 Å². The van der Waals surface area contributed by atoms with Gasteiger partial charge in [-0.1, -0.05) is 42.1 Å². The van der Waals surface area contributed by atoms with Gasteiger partial charge < -0.3 is 4.42 Å². The topological polar surface area (TPSA) is 64.7 Å². The molecule has 21 heavy (non-hydrogen) atoms. The van der Waals surface area contributed by atoms with Crippen molar-refractivity contribution >= 4 is 11.8 Å². The van der Waals surface area contributed by atoms with Crippen LogP contribution >= 0.6 is 11.8 Å². The van der Waals surface area contributed by atoms with E-state index < -0.39 is 0 Å². The summed E-state index contributed by atoms with van der Waals surface area (Å²) in [5.41, 5.74) is 2.98. The molecule has 0 saturated heterocycles. The van der Waals surface area contributed by atoms with Crippen molar-refractivity contribution in [2.45, 2.75) is 24.8 Å². The molecule has 0 aliphatic carbocycles. The SMILES string of the molecule is Cc1cc(C)nc(-c2nnc(SCc3ccccc3)o2)n1. The van der Waals surface area contributed by atoms with E-state index in [9.17, 15) is 0 Å². The Hall–Kier alpha value is -2.21. The molecule has 3 aromatic rings. The fraction of sp³-hybridized carbons (Fsp3) is 0.200. The lowest BCUT2D eigenvalue weighted by Gasteiger charge is -1.98. The molecule has 1 aromatic carbocycles. The molecule has 0 amide bonds. The van der Waals surface area contributed by atoms with Crippen molar-refractivity contribution in [1.29, 1.82) is 0 Å². The molecule has 0 unspecified atom stereocenters. The van der Waals surface area contributed by atoms with Crippen molar-refractivity contribution in [1.82, 2.24) is 20.2 Å². The molecule has 0 atom stereocenters. The largest absolute Gasteiger partial charge is 0.408 e. The van der Waals surface area contributed by atoms with E-state index >= 15 is 0 Å². The van der Waals surface area contributed by atoms with Crippen LogP contribution in [0, 0.1) is 13.8 Å². The molecule has 2 heterocycles. The lowest BCUT2D eigenvalue weighted by Crippen LogP contribution is -1.94. The zero-order valence-electron chi connectivity index (χ0n) is 11.8. The lowest BCUT2D eigenvalue weighted by molar-refractivity contribution is 0.462. The van der Waals surface area contributed by atoms with Crippen LogP contribution in [0.3, 0.4) is 0 Å². The van der Waals surface area contributed by atoms with E-state index in [1.165, 1.54) is 17.3 Å². The molecule has 6 heteroatoms. The van der Waals surface area contributed by atoms with E-state index in [0.717, 1.165) is 17.1 Å². The monoisotopic (exact) mass is 298 g/mol. The summed E-state index contributed by atoms with van der Waals surface area (Å²) in [6.45, 7) is 3.83. The van der Waals surface area contributed by atoms with Gasteiger partial charge in [0.05, 0.1) is 0 Å². The zero-order valence-corrected chi connectivity index (χ0v) is 12.6. The van der Waals surface area contributed by atoms with Crippen molar-refractivity contribution in [2.24, 2.45) is 0 Å². The highest BCUT2D eigenvalue weighted by atomic mass is 32.2. The van der Waals surface area contributed by atoms with E-state index in [2.05, 4.69) is 32.3 Å². The predicted molar refractivity (Wildman–Crippen MR) is 80.8 cm³/mol. The third kappa shape index (κ3) is 3.46. The summed E-state index contributed by atoms with van der Waals surface area (Å²) in [7, 11) is 0. The highest BCUT2D eigenvalue weighted by molar-refractivity contribution is 7.98. The molecule has 5 nitrogen and oxygen atoms in total. The van der Waals surface area contributed by atoms with Crippen molar-refractivity contribution in [3.05, 3.63) is 53.3 Å². The minimum atomic E-state index is 0.359. The average Bonchev–Trinajstić information content (AvgIpc) is 2.94. The van der Waals surface area contributed by atoms with E-state index in [1.54, 1.807) is 0 Å². The van der Waals surface area contributed by atoms with Crippen LogP contribution in [0.15, 0.2) is 46.0 Å². The van der Waals surface area contributed by atoms with Gasteiger partial charge in [-0.25, -0.2) is 9.97 Å². The second kappa shape index (κ2) is 6.05. The van der Waals surface area contributed by atoms with Crippen molar-refractivity contribution < 1.29 is 4.42 Å². The fourth-order valence-electron chi connectivity index (χ4n) is 1.90. The van der Waals surface area contributed by atoms with Crippen molar-refractivity contribution in [2.75, 3.05) is 0 Å². The first-order valence-corrected chi connectivity index (χ1v) is 7.52. The van der Waals surface area contributed by atoms with Gasteiger partial charge in [-0.2, -0.15) is 0 Å². The Balaban J connectivity index is 1.74. The molecular formula is C15H14N4OS. The molecule has 0 radical (unpaired) electrons. The Labute approximate surface area is 126 Å². The second-order valence-corrected chi connectivity index (χ2v) is 5.55. The van der Waals surface area contributed by atoms with Crippen LogP contribution in [0.2, 0.25) is 0 Å². The average molecular weight is 298 g/mol. The van der Waals surface area contributed by atoms with Gasteiger partial charge in [0.25, 0.3) is 11.1 Å². The Morgan fingerprint density at radius 3 is 2.43 bits per heavy atom.